The van der Waals surface area contributed by atoms with Crippen LogP contribution in [0.4, 0.5) is 5.69 Å². The van der Waals surface area contributed by atoms with E-state index in [2.05, 4.69) is 76.6 Å². The van der Waals surface area contributed by atoms with Gasteiger partial charge in [-0.3, -0.25) is 4.79 Å². The first-order chi connectivity index (χ1) is 11.9. The van der Waals surface area contributed by atoms with Crippen molar-refractivity contribution in [2.45, 2.75) is 8.31 Å². The molecular weight excluding hydrogens is 512 g/mol. The summed E-state index contributed by atoms with van der Waals surface area (Å²) < 4.78 is -0.705. The van der Waals surface area contributed by atoms with Gasteiger partial charge in [0.15, 0.2) is 2.14 Å². The van der Waals surface area contributed by atoms with Crippen molar-refractivity contribution in [1.82, 2.24) is 5.32 Å². The molecule has 0 aliphatic rings. The van der Waals surface area contributed by atoms with Crippen molar-refractivity contribution in [3.05, 3.63) is 78.4 Å². The van der Waals surface area contributed by atoms with Crippen LogP contribution in [-0.2, 0) is 0 Å². The van der Waals surface area contributed by atoms with Crippen LogP contribution in [0.3, 0.4) is 0 Å². The minimum atomic E-state index is -0.705. The first-order valence-electron chi connectivity index (χ1n) is 7.61. The molecule has 0 aromatic heterocycles. The number of hydrogen-bond donors (Lipinski definition) is 2. The summed E-state index contributed by atoms with van der Waals surface area (Å²) in [5, 5.41) is 8.62. The molecule has 3 aromatic rings. The van der Waals surface area contributed by atoms with E-state index in [0.29, 0.717) is 5.56 Å². The van der Waals surface area contributed by atoms with E-state index >= 15 is 0 Å². The highest BCUT2D eigenvalue weighted by Gasteiger charge is 2.32. The van der Waals surface area contributed by atoms with Gasteiger partial charge in [-0.05, 0) is 35.0 Å². The fraction of sp³-hybridized carbons (Fsp3) is 0.105. The number of nitrogens with one attached hydrogen (secondary N) is 2. The lowest BCUT2D eigenvalue weighted by Crippen LogP contribution is -2.48. The molecule has 1 atom stereocenters. The van der Waals surface area contributed by atoms with Gasteiger partial charge in [-0.15, -0.1) is 0 Å². The second-order valence-corrected chi connectivity index (χ2v) is 12.5. The fourth-order valence-corrected chi connectivity index (χ4v) is 3.14. The quantitative estimate of drug-likeness (QED) is 0.331. The minimum absolute atomic E-state index is 0.165. The summed E-state index contributed by atoms with van der Waals surface area (Å²) in [4.78, 5) is 12.5. The van der Waals surface area contributed by atoms with Crippen molar-refractivity contribution >= 4 is 70.2 Å². The predicted octanol–water partition coefficient (Wildman–Crippen LogP) is 5.85. The van der Waals surface area contributed by atoms with Crippen LogP contribution in [0, 0.1) is 0 Å². The van der Waals surface area contributed by atoms with Crippen LogP contribution < -0.4 is 10.6 Å². The smallest absolute Gasteiger partial charge is 0.252 e. The van der Waals surface area contributed by atoms with E-state index in [4.69, 9.17) is 0 Å². The number of fused-ring (bicyclic) bond motifs is 1. The Morgan fingerprint density at radius 2 is 1.48 bits per heavy atom. The van der Waals surface area contributed by atoms with Gasteiger partial charge in [-0.25, -0.2) is 0 Å². The minimum Gasteiger partial charge on any atom is -0.363 e. The molecule has 3 nitrogen and oxygen atoms in total. The first kappa shape index (κ1) is 18.4. The average molecular weight is 527 g/mol. The molecule has 25 heavy (non-hydrogen) atoms. The van der Waals surface area contributed by atoms with Gasteiger partial charge in [-0.2, -0.15) is 0 Å². The molecule has 0 saturated carbocycles. The molecule has 0 spiro atoms. The molecule has 0 heterocycles. The zero-order valence-corrected chi connectivity index (χ0v) is 17.8. The Bertz CT molecular complexity index is 878. The highest BCUT2D eigenvalue weighted by Crippen LogP contribution is 2.38. The molecule has 0 bridgehead atoms. The number of carbonyl (C=O) groups excluding carboxylic acids is 1. The summed E-state index contributed by atoms with van der Waals surface area (Å²) >= 11 is 10.5. The zero-order chi connectivity index (χ0) is 17.9. The highest BCUT2D eigenvalue weighted by molar-refractivity contribution is 9.39. The number of carbonyl (C=O) groups is 1. The normalized spacial score (nSPS) is 12.6. The van der Waals surface area contributed by atoms with Gasteiger partial charge in [0.2, 0.25) is 0 Å². The van der Waals surface area contributed by atoms with Crippen molar-refractivity contribution in [2.75, 3.05) is 5.32 Å². The van der Waals surface area contributed by atoms with Gasteiger partial charge in [-0.1, -0.05) is 96.3 Å². The lowest BCUT2D eigenvalue weighted by molar-refractivity contribution is 0.0943. The van der Waals surface area contributed by atoms with Crippen molar-refractivity contribution in [3.8, 4) is 0 Å². The van der Waals surface area contributed by atoms with E-state index in [-0.39, 0.29) is 5.91 Å². The molecule has 3 rings (SSSR count). The van der Waals surface area contributed by atoms with Gasteiger partial charge >= 0.3 is 0 Å². The molecule has 0 saturated heterocycles. The molecule has 0 radical (unpaired) electrons. The molecule has 1 amide bonds. The maximum atomic E-state index is 12.5. The Labute approximate surface area is 171 Å². The van der Waals surface area contributed by atoms with E-state index < -0.39 is 8.31 Å². The lowest BCUT2D eigenvalue weighted by atomic mass is 10.1. The van der Waals surface area contributed by atoms with E-state index in [1.807, 2.05) is 42.5 Å². The van der Waals surface area contributed by atoms with Crippen molar-refractivity contribution < 1.29 is 4.79 Å². The third-order valence-electron chi connectivity index (χ3n) is 3.70. The van der Waals surface area contributed by atoms with Crippen LogP contribution >= 0.6 is 47.8 Å². The molecule has 128 valence electrons. The summed E-state index contributed by atoms with van der Waals surface area (Å²) in [6.07, 6.45) is -0.443. The SMILES string of the molecule is O=C(N[C@@H](Nc1ccc2ccccc2c1)C(Br)(Br)Br)c1ccccc1. The van der Waals surface area contributed by atoms with Gasteiger partial charge < -0.3 is 10.6 Å². The molecular formula is C19H15Br3N2O. The van der Waals surface area contributed by atoms with Gasteiger partial charge in [0.25, 0.3) is 5.91 Å². The Kier molecular flexibility index (Phi) is 5.81. The van der Waals surface area contributed by atoms with Crippen LogP contribution in [0.5, 0.6) is 0 Å². The standard InChI is InChI=1S/C19H15Br3N2O/c20-19(21,22)18(24-17(25)14-7-2-1-3-8-14)23-16-11-10-13-6-4-5-9-15(13)12-16/h1-12,18,23H,(H,24,25)/t18-/m1/s1. The zero-order valence-electron chi connectivity index (χ0n) is 13.0. The third kappa shape index (κ3) is 4.84. The molecule has 0 aliphatic carbocycles. The first-order valence-corrected chi connectivity index (χ1v) is 9.99. The van der Waals surface area contributed by atoms with Crippen molar-refractivity contribution in [1.29, 1.82) is 0 Å². The summed E-state index contributed by atoms with van der Waals surface area (Å²) in [5.41, 5.74) is 1.50. The number of anilines is 1. The molecule has 6 heteroatoms. The number of rotatable bonds is 4. The van der Waals surface area contributed by atoms with Gasteiger partial charge in [0, 0.05) is 11.3 Å². The topological polar surface area (TPSA) is 41.1 Å². The molecule has 0 aliphatic heterocycles. The van der Waals surface area contributed by atoms with E-state index in [1.54, 1.807) is 12.1 Å². The summed E-state index contributed by atoms with van der Waals surface area (Å²) in [6, 6.07) is 23.3. The summed E-state index contributed by atoms with van der Waals surface area (Å²) in [6.45, 7) is 0. The van der Waals surface area contributed by atoms with Crippen LogP contribution in [0.2, 0.25) is 0 Å². The van der Waals surface area contributed by atoms with E-state index in [1.165, 1.54) is 5.39 Å². The number of halogens is 3. The second kappa shape index (κ2) is 7.89. The van der Waals surface area contributed by atoms with Gasteiger partial charge in [0.1, 0.15) is 6.17 Å². The second-order valence-electron chi connectivity index (χ2n) is 5.52. The molecule has 3 aromatic carbocycles. The van der Waals surface area contributed by atoms with Crippen molar-refractivity contribution in [3.63, 3.8) is 0 Å². The maximum Gasteiger partial charge on any atom is 0.252 e. The number of benzene rings is 3. The third-order valence-corrected chi connectivity index (χ3v) is 5.07. The number of alkyl halides is 3. The van der Waals surface area contributed by atoms with Crippen molar-refractivity contribution in [2.24, 2.45) is 0 Å². The lowest BCUT2D eigenvalue weighted by Gasteiger charge is -2.28. The monoisotopic (exact) mass is 524 g/mol. The Hall–Kier alpha value is -1.37. The Morgan fingerprint density at radius 1 is 0.840 bits per heavy atom. The average Bonchev–Trinajstić information content (AvgIpc) is 2.61. The van der Waals surface area contributed by atoms with Crippen LogP contribution in [-0.4, -0.2) is 14.2 Å². The summed E-state index contributed by atoms with van der Waals surface area (Å²) in [5.74, 6) is -0.165. The molecule has 0 fully saturated rings. The van der Waals surface area contributed by atoms with Gasteiger partial charge in [0.05, 0.1) is 0 Å². The Morgan fingerprint density at radius 3 is 2.16 bits per heavy atom. The highest BCUT2D eigenvalue weighted by atomic mass is 80.0. The maximum absolute atomic E-state index is 12.5. The predicted molar refractivity (Wildman–Crippen MR) is 115 cm³/mol. The van der Waals surface area contributed by atoms with Crippen LogP contribution in [0.1, 0.15) is 10.4 Å². The van der Waals surface area contributed by atoms with E-state index in [0.717, 1.165) is 11.1 Å². The molecule has 2 N–H and O–H groups in total. The fourth-order valence-electron chi connectivity index (χ4n) is 2.45. The Balaban J connectivity index is 1.82. The molecule has 0 unspecified atom stereocenters. The van der Waals surface area contributed by atoms with Crippen LogP contribution in [0.15, 0.2) is 72.8 Å². The summed E-state index contributed by atoms with van der Waals surface area (Å²) in [7, 11) is 0. The number of hydrogen-bond acceptors (Lipinski definition) is 2. The van der Waals surface area contributed by atoms with E-state index in [9.17, 15) is 4.79 Å². The number of amides is 1. The largest absolute Gasteiger partial charge is 0.363 e. The van der Waals surface area contributed by atoms with Crippen LogP contribution in [0.25, 0.3) is 10.8 Å².